The van der Waals surface area contributed by atoms with Crippen molar-refractivity contribution in [1.29, 1.82) is 0 Å². The second-order valence-electron chi connectivity index (χ2n) is 6.36. The predicted octanol–water partition coefficient (Wildman–Crippen LogP) is 3.59. The summed E-state index contributed by atoms with van der Waals surface area (Å²) in [6, 6.07) is 15.2. The first-order chi connectivity index (χ1) is 13.1. The summed E-state index contributed by atoms with van der Waals surface area (Å²) in [5.74, 6) is 0.551. The minimum Gasteiger partial charge on any atom is -0.383 e. The quantitative estimate of drug-likeness (QED) is 0.509. The average molecular weight is 378 g/mol. The van der Waals surface area contributed by atoms with E-state index in [1.807, 2.05) is 43.3 Å². The lowest BCUT2D eigenvalue weighted by atomic mass is 10.1. The Balaban J connectivity index is 2.10. The minimum absolute atomic E-state index is 0.144. The zero-order chi connectivity index (χ0) is 19.0. The molecule has 0 atom stereocenters. The molecule has 2 aromatic carbocycles. The second kappa shape index (κ2) is 7.06. The van der Waals surface area contributed by atoms with Gasteiger partial charge in [0.25, 0.3) is 5.56 Å². The van der Waals surface area contributed by atoms with E-state index in [-0.39, 0.29) is 16.4 Å². The summed E-state index contributed by atoms with van der Waals surface area (Å²) < 4.78 is 7.53. The van der Waals surface area contributed by atoms with Crippen LogP contribution in [0, 0.1) is 6.92 Å². The number of fused-ring (bicyclic) bond motifs is 2. The molecule has 0 aliphatic carbocycles. The van der Waals surface area contributed by atoms with Gasteiger partial charge in [-0.05, 0) is 19.1 Å². The van der Waals surface area contributed by atoms with Gasteiger partial charge in [0.2, 0.25) is 5.43 Å². The normalized spacial score (nSPS) is 11.3. The largest absolute Gasteiger partial charge is 0.383 e. The van der Waals surface area contributed by atoms with Gasteiger partial charge in [-0.1, -0.05) is 42.0 Å². The number of benzene rings is 2. The summed E-state index contributed by atoms with van der Waals surface area (Å²) in [6.45, 7) is 2.70. The van der Waals surface area contributed by atoms with Gasteiger partial charge in [0.15, 0.2) is 0 Å². The van der Waals surface area contributed by atoms with Crippen LogP contribution in [-0.4, -0.2) is 23.3 Å². The number of ether oxygens (including phenoxy) is 1. The van der Waals surface area contributed by atoms with Crippen LogP contribution in [0.25, 0.3) is 31.7 Å². The third kappa shape index (κ3) is 3.07. The van der Waals surface area contributed by atoms with Crippen LogP contribution in [0.3, 0.4) is 0 Å². The zero-order valence-corrected chi connectivity index (χ0v) is 15.9. The van der Waals surface area contributed by atoms with Gasteiger partial charge in [-0.2, -0.15) is 0 Å². The molecule has 0 N–H and O–H groups in total. The number of aryl methyl sites for hydroxylation is 1. The lowest BCUT2D eigenvalue weighted by Crippen LogP contribution is -2.28. The van der Waals surface area contributed by atoms with Gasteiger partial charge in [0, 0.05) is 22.8 Å². The number of hydrogen-bond donors (Lipinski definition) is 0. The first-order valence-corrected chi connectivity index (χ1v) is 9.44. The smallest absolute Gasteiger partial charge is 0.266 e. The third-order valence-corrected chi connectivity index (χ3v) is 5.59. The van der Waals surface area contributed by atoms with Crippen molar-refractivity contribution >= 4 is 31.6 Å². The molecule has 4 rings (SSSR count). The summed E-state index contributed by atoms with van der Waals surface area (Å²) in [6.07, 6.45) is 0. The molecule has 5 nitrogen and oxygen atoms in total. The van der Waals surface area contributed by atoms with Crippen LogP contribution in [0.2, 0.25) is 0 Å². The van der Waals surface area contributed by atoms with Gasteiger partial charge in [-0.15, -0.1) is 11.3 Å². The van der Waals surface area contributed by atoms with Crippen molar-refractivity contribution in [1.82, 2.24) is 9.55 Å². The fraction of sp³-hybridized carbons (Fsp3) is 0.190. The van der Waals surface area contributed by atoms with Gasteiger partial charge in [0.05, 0.1) is 13.2 Å². The van der Waals surface area contributed by atoms with Gasteiger partial charge in [-0.3, -0.25) is 14.2 Å². The molecule has 2 heterocycles. The summed E-state index contributed by atoms with van der Waals surface area (Å²) in [5, 5.41) is 0.695. The third-order valence-electron chi connectivity index (χ3n) is 4.53. The number of hydrogen-bond acceptors (Lipinski definition) is 5. The van der Waals surface area contributed by atoms with E-state index in [1.165, 1.54) is 11.3 Å². The Hall–Kier alpha value is -2.83. The second-order valence-corrected chi connectivity index (χ2v) is 7.39. The first kappa shape index (κ1) is 17.6. The molecule has 0 radical (unpaired) electrons. The predicted molar refractivity (Wildman–Crippen MR) is 110 cm³/mol. The maximum Gasteiger partial charge on any atom is 0.266 e. The van der Waals surface area contributed by atoms with Crippen molar-refractivity contribution in [2.24, 2.45) is 0 Å². The summed E-state index contributed by atoms with van der Waals surface area (Å²) in [4.78, 5) is 31.4. The van der Waals surface area contributed by atoms with E-state index in [1.54, 1.807) is 23.8 Å². The highest BCUT2D eigenvalue weighted by molar-refractivity contribution is 7.24. The molecule has 2 aromatic heterocycles. The summed E-state index contributed by atoms with van der Waals surface area (Å²) in [7, 11) is 1.58. The van der Waals surface area contributed by atoms with E-state index in [0.717, 1.165) is 15.8 Å². The SMILES string of the molecule is COCCn1c(-c2ccc(C)cc2)nc2sc3ccccc3c(=O)c2c1=O. The maximum absolute atomic E-state index is 13.2. The lowest BCUT2D eigenvalue weighted by Gasteiger charge is -2.13. The van der Waals surface area contributed by atoms with E-state index >= 15 is 0 Å². The van der Waals surface area contributed by atoms with Crippen LogP contribution >= 0.6 is 11.3 Å². The molecule has 0 saturated carbocycles. The van der Waals surface area contributed by atoms with E-state index in [9.17, 15) is 9.59 Å². The first-order valence-electron chi connectivity index (χ1n) is 8.62. The van der Waals surface area contributed by atoms with Crippen LogP contribution in [0.5, 0.6) is 0 Å². The summed E-state index contributed by atoms with van der Waals surface area (Å²) in [5.41, 5.74) is 1.38. The number of methoxy groups -OCH3 is 1. The van der Waals surface area contributed by atoms with Crippen molar-refractivity contribution in [3.8, 4) is 11.4 Å². The van der Waals surface area contributed by atoms with E-state index < -0.39 is 0 Å². The maximum atomic E-state index is 13.2. The molecule has 0 bridgehead atoms. The van der Waals surface area contributed by atoms with Crippen molar-refractivity contribution < 1.29 is 4.74 Å². The van der Waals surface area contributed by atoms with Crippen molar-refractivity contribution in [3.05, 3.63) is 74.7 Å². The van der Waals surface area contributed by atoms with Crippen molar-refractivity contribution in [2.45, 2.75) is 13.5 Å². The topological polar surface area (TPSA) is 61.2 Å². The minimum atomic E-state index is -0.320. The van der Waals surface area contributed by atoms with Gasteiger partial charge >= 0.3 is 0 Å². The van der Waals surface area contributed by atoms with Crippen molar-refractivity contribution in [3.63, 3.8) is 0 Å². The van der Waals surface area contributed by atoms with Crippen LogP contribution in [0.15, 0.2) is 58.1 Å². The molecule has 136 valence electrons. The zero-order valence-electron chi connectivity index (χ0n) is 15.1. The Labute approximate surface area is 159 Å². The molecule has 0 aliphatic rings. The van der Waals surface area contributed by atoms with E-state index in [4.69, 9.17) is 9.72 Å². The average Bonchev–Trinajstić information content (AvgIpc) is 2.68. The Morgan fingerprint density at radius 3 is 2.56 bits per heavy atom. The highest BCUT2D eigenvalue weighted by Crippen LogP contribution is 2.24. The molecule has 0 amide bonds. The van der Waals surface area contributed by atoms with Crippen LogP contribution in [-0.2, 0) is 11.3 Å². The van der Waals surface area contributed by atoms with Gasteiger partial charge in [0.1, 0.15) is 16.0 Å². The molecule has 6 heteroatoms. The lowest BCUT2D eigenvalue weighted by molar-refractivity contribution is 0.186. The molecule has 0 aliphatic heterocycles. The number of nitrogens with zero attached hydrogens (tertiary/aromatic N) is 2. The Kier molecular flexibility index (Phi) is 4.59. The Bertz CT molecular complexity index is 1260. The van der Waals surface area contributed by atoms with Gasteiger partial charge in [-0.25, -0.2) is 4.98 Å². The highest BCUT2D eigenvalue weighted by atomic mass is 32.1. The fourth-order valence-corrected chi connectivity index (χ4v) is 4.14. The molecule has 0 unspecified atom stereocenters. The fourth-order valence-electron chi connectivity index (χ4n) is 3.10. The van der Waals surface area contributed by atoms with Gasteiger partial charge < -0.3 is 4.74 Å². The summed E-state index contributed by atoms with van der Waals surface area (Å²) >= 11 is 1.37. The van der Waals surface area contributed by atoms with E-state index in [2.05, 4.69) is 0 Å². The van der Waals surface area contributed by atoms with Crippen LogP contribution < -0.4 is 11.0 Å². The van der Waals surface area contributed by atoms with E-state index in [0.29, 0.717) is 29.2 Å². The van der Waals surface area contributed by atoms with Crippen LogP contribution in [0.4, 0.5) is 0 Å². The Morgan fingerprint density at radius 2 is 1.81 bits per heavy atom. The standard InChI is InChI=1S/C21H18N2O3S/c1-13-7-9-14(10-8-13)19-22-20-17(21(25)23(19)11-12-26-2)18(24)15-5-3-4-6-16(15)27-20/h3-10H,11-12H2,1-2H3. The number of rotatable bonds is 4. The molecular weight excluding hydrogens is 360 g/mol. The molecule has 27 heavy (non-hydrogen) atoms. The molecule has 4 aromatic rings. The molecule has 0 fully saturated rings. The van der Waals surface area contributed by atoms with Crippen molar-refractivity contribution in [2.75, 3.05) is 13.7 Å². The molecule has 0 saturated heterocycles. The monoisotopic (exact) mass is 378 g/mol. The highest BCUT2D eigenvalue weighted by Gasteiger charge is 2.17. The number of aromatic nitrogens is 2. The molecule has 0 spiro atoms. The molecular formula is C21H18N2O3S. The van der Waals surface area contributed by atoms with Crippen LogP contribution in [0.1, 0.15) is 5.56 Å². The Morgan fingerprint density at radius 1 is 1.07 bits per heavy atom.